The zero-order chi connectivity index (χ0) is 40.5. The van der Waals surface area contributed by atoms with Crippen molar-refractivity contribution in [2.45, 2.75) is 153 Å². The van der Waals surface area contributed by atoms with E-state index in [1.165, 1.54) is 14.0 Å². The summed E-state index contributed by atoms with van der Waals surface area (Å²) in [5.74, 6) is -3.27. The Morgan fingerprint density at radius 3 is 2.31 bits per heavy atom. The largest absolute Gasteiger partial charge is 0.456 e. The summed E-state index contributed by atoms with van der Waals surface area (Å²) in [5, 5.41) is 27.6. The SMILES string of the molecule is CO[C@@H]1C2=C(C)[C@@H](OC(=O)[C@H](O)[C@H](CC(C)C)NC(=O)OC(C)(C)C)C[C@@](O)([C@@H](OC(=O)c3ccccc3)[C@@H]3[C@]4(OC(C)=O)CO[C@@H]4CC[C@]34OC14)C2(C)C. The molecule has 1 unspecified atom stereocenters. The molecule has 304 valence electrons. The van der Waals surface area contributed by atoms with Crippen LogP contribution in [0.1, 0.15) is 98.4 Å². The molecule has 2 bridgehead atoms. The fourth-order valence-corrected chi connectivity index (χ4v) is 9.79. The highest BCUT2D eigenvalue weighted by molar-refractivity contribution is 5.89. The summed E-state index contributed by atoms with van der Waals surface area (Å²) in [6.07, 6.45) is -6.17. The minimum Gasteiger partial charge on any atom is -0.456 e. The monoisotopic (exact) mass is 771 g/mol. The number of alkyl carbamates (subject to hydrolysis) is 1. The van der Waals surface area contributed by atoms with Gasteiger partial charge in [0.15, 0.2) is 11.7 Å². The Bertz CT molecular complexity index is 1700. The summed E-state index contributed by atoms with van der Waals surface area (Å²) in [6, 6.07) is 7.31. The Kier molecular flexibility index (Phi) is 10.8. The number of esters is 3. The van der Waals surface area contributed by atoms with Crippen molar-refractivity contribution in [2.24, 2.45) is 17.3 Å². The molecule has 14 heteroatoms. The lowest BCUT2D eigenvalue weighted by atomic mass is 9.49. The third-order valence-corrected chi connectivity index (χ3v) is 12.3. The van der Waals surface area contributed by atoms with E-state index in [0.717, 1.165) is 0 Å². The number of nitrogens with one attached hydrogen (secondary N) is 1. The van der Waals surface area contributed by atoms with Gasteiger partial charge in [-0.05, 0) is 76.2 Å². The second-order valence-electron chi connectivity index (χ2n) is 17.8. The van der Waals surface area contributed by atoms with E-state index < -0.39 is 100 Å². The molecule has 2 saturated carbocycles. The fourth-order valence-electron chi connectivity index (χ4n) is 9.79. The number of ether oxygens (including phenoxy) is 7. The van der Waals surface area contributed by atoms with Crippen LogP contribution in [0.5, 0.6) is 0 Å². The van der Waals surface area contributed by atoms with Gasteiger partial charge in [-0.2, -0.15) is 0 Å². The summed E-state index contributed by atoms with van der Waals surface area (Å²) < 4.78 is 43.1. The lowest BCUT2D eigenvalue weighted by Gasteiger charge is -2.63. The van der Waals surface area contributed by atoms with Gasteiger partial charge in [-0.3, -0.25) is 4.79 Å². The number of carbonyl (C=O) groups excluding carboxylic acids is 4. The number of benzene rings is 1. The first-order chi connectivity index (χ1) is 25.6. The third-order valence-electron chi connectivity index (χ3n) is 12.3. The van der Waals surface area contributed by atoms with Crippen LogP contribution in [0.3, 0.4) is 0 Å². The van der Waals surface area contributed by atoms with Crippen molar-refractivity contribution >= 4 is 24.0 Å². The average Bonchev–Trinajstić information content (AvgIpc) is 3.78. The van der Waals surface area contributed by atoms with Gasteiger partial charge in [0, 0.05) is 25.9 Å². The van der Waals surface area contributed by atoms with Gasteiger partial charge in [-0.15, -0.1) is 0 Å². The number of aliphatic hydroxyl groups excluding tert-OH is 1. The standard InChI is InChI=1S/C41H57NO13/c1-21(2)18-25(42-36(47)55-37(5,6)7)29(44)35(46)51-26-19-41(48)33(52-34(45)24-14-12-11-13-15-24)31-39(17-16-27-40(31,20-50-27)53-23(4)43)32(54-39)30(49-10)28(22(26)3)38(41,8)9/h11-15,21,25-27,29-33,44,48H,16-20H2,1-10H3,(H,42,47)/t25-,26-,27+,29+,30+,31-,32?,33-,39-,40-,41+/m0/s1. The zero-order valence-corrected chi connectivity index (χ0v) is 33.5. The smallest absolute Gasteiger partial charge is 0.407 e. The van der Waals surface area contributed by atoms with Crippen molar-refractivity contribution < 1.29 is 62.5 Å². The van der Waals surface area contributed by atoms with E-state index in [1.807, 2.05) is 27.7 Å². The number of hydrogen-bond donors (Lipinski definition) is 3. The Morgan fingerprint density at radius 2 is 1.75 bits per heavy atom. The minimum absolute atomic E-state index is 0.0124. The van der Waals surface area contributed by atoms with E-state index in [9.17, 15) is 29.4 Å². The Morgan fingerprint density at radius 1 is 1.07 bits per heavy atom. The number of epoxide rings is 1. The molecule has 2 saturated heterocycles. The van der Waals surface area contributed by atoms with Crippen molar-refractivity contribution in [3.05, 3.63) is 47.0 Å². The van der Waals surface area contributed by atoms with Crippen LogP contribution in [-0.4, -0.2) is 113 Å². The van der Waals surface area contributed by atoms with Gasteiger partial charge < -0.3 is 48.7 Å². The van der Waals surface area contributed by atoms with Gasteiger partial charge in [0.25, 0.3) is 0 Å². The fraction of sp³-hybridized carbons (Fsp3) is 0.707. The van der Waals surface area contributed by atoms with Crippen LogP contribution in [0, 0.1) is 17.3 Å². The van der Waals surface area contributed by atoms with E-state index in [4.69, 9.17) is 33.2 Å². The Labute approximate surface area is 322 Å². The molecule has 3 aliphatic carbocycles. The molecule has 5 aliphatic rings. The predicted molar refractivity (Wildman–Crippen MR) is 196 cm³/mol. The van der Waals surface area contributed by atoms with Gasteiger partial charge in [0.05, 0.1) is 24.1 Å². The molecule has 1 aromatic rings. The molecule has 2 heterocycles. The summed E-state index contributed by atoms with van der Waals surface area (Å²) in [7, 11) is 1.54. The molecule has 6 rings (SSSR count). The minimum atomic E-state index is -2.01. The van der Waals surface area contributed by atoms with Gasteiger partial charge >= 0.3 is 24.0 Å². The second kappa shape index (κ2) is 14.4. The van der Waals surface area contributed by atoms with Crippen LogP contribution in [0.4, 0.5) is 4.79 Å². The molecule has 4 fully saturated rings. The lowest BCUT2D eigenvalue weighted by Crippen LogP contribution is -2.78. The van der Waals surface area contributed by atoms with E-state index in [1.54, 1.807) is 58.0 Å². The maximum absolute atomic E-state index is 14.1. The number of hydrogen-bond acceptors (Lipinski definition) is 13. The van der Waals surface area contributed by atoms with Crippen molar-refractivity contribution in [2.75, 3.05) is 13.7 Å². The summed E-state index contributed by atoms with van der Waals surface area (Å²) in [4.78, 5) is 53.7. The lowest BCUT2D eigenvalue weighted by molar-refractivity contribution is -0.324. The first-order valence-electron chi connectivity index (χ1n) is 19.2. The maximum atomic E-state index is 14.1. The Balaban J connectivity index is 1.45. The molecule has 1 aromatic carbocycles. The summed E-state index contributed by atoms with van der Waals surface area (Å²) in [6.45, 7) is 15.6. The summed E-state index contributed by atoms with van der Waals surface area (Å²) >= 11 is 0. The highest BCUT2D eigenvalue weighted by atomic mass is 16.7. The van der Waals surface area contributed by atoms with Gasteiger partial charge in [0.1, 0.15) is 47.3 Å². The molecule has 0 radical (unpaired) electrons. The molecule has 11 atom stereocenters. The second-order valence-corrected chi connectivity index (χ2v) is 17.8. The number of fused-ring (bicyclic) bond motifs is 4. The molecular weight excluding hydrogens is 714 g/mol. The van der Waals surface area contributed by atoms with Crippen LogP contribution in [0.2, 0.25) is 0 Å². The van der Waals surface area contributed by atoms with Crippen molar-refractivity contribution in [1.82, 2.24) is 5.32 Å². The Hall–Kier alpha value is -3.56. The third kappa shape index (κ3) is 7.06. The van der Waals surface area contributed by atoms with Crippen molar-refractivity contribution in [1.29, 1.82) is 0 Å². The van der Waals surface area contributed by atoms with E-state index in [0.29, 0.717) is 24.0 Å². The highest BCUT2D eigenvalue weighted by Gasteiger charge is 2.83. The van der Waals surface area contributed by atoms with E-state index in [-0.39, 0.29) is 30.9 Å². The van der Waals surface area contributed by atoms with Crippen molar-refractivity contribution in [3.8, 4) is 0 Å². The molecule has 1 amide bonds. The maximum Gasteiger partial charge on any atom is 0.407 e. The van der Waals surface area contributed by atoms with Crippen LogP contribution in [0.15, 0.2) is 41.5 Å². The number of methoxy groups -OCH3 is 1. The predicted octanol–water partition coefficient (Wildman–Crippen LogP) is 4.18. The molecular formula is C41H57NO13. The number of carbonyl (C=O) groups is 4. The average molecular weight is 772 g/mol. The van der Waals surface area contributed by atoms with Crippen LogP contribution >= 0.6 is 0 Å². The first kappa shape index (κ1) is 41.1. The topological polar surface area (TPSA) is 189 Å². The van der Waals surface area contributed by atoms with Crippen molar-refractivity contribution in [3.63, 3.8) is 0 Å². The number of aliphatic hydroxyl groups is 2. The number of amides is 1. The number of rotatable bonds is 10. The molecule has 2 aliphatic heterocycles. The van der Waals surface area contributed by atoms with E-state index in [2.05, 4.69) is 5.32 Å². The van der Waals surface area contributed by atoms with Crippen LogP contribution in [-0.2, 0) is 42.7 Å². The molecule has 1 spiro atoms. The van der Waals surface area contributed by atoms with Gasteiger partial charge in [0.2, 0.25) is 0 Å². The van der Waals surface area contributed by atoms with Crippen LogP contribution < -0.4 is 5.32 Å². The highest BCUT2D eigenvalue weighted by Crippen LogP contribution is 2.68. The van der Waals surface area contributed by atoms with Gasteiger partial charge in [-0.25, -0.2) is 14.4 Å². The molecule has 14 nitrogen and oxygen atoms in total. The van der Waals surface area contributed by atoms with Gasteiger partial charge in [-0.1, -0.05) is 45.9 Å². The molecule has 3 N–H and O–H groups in total. The summed E-state index contributed by atoms with van der Waals surface area (Å²) in [5.41, 5.74) is -4.99. The zero-order valence-electron chi connectivity index (χ0n) is 33.5. The normalized spacial score (nSPS) is 35.6. The molecule has 0 aromatic heterocycles. The van der Waals surface area contributed by atoms with E-state index >= 15 is 0 Å². The van der Waals surface area contributed by atoms with Crippen LogP contribution in [0.25, 0.3) is 0 Å². The molecule has 55 heavy (non-hydrogen) atoms. The first-order valence-corrected chi connectivity index (χ1v) is 19.2. The quantitative estimate of drug-likeness (QED) is 0.133.